The lowest BCUT2D eigenvalue weighted by atomic mass is 10.00. The van der Waals surface area contributed by atoms with E-state index >= 15 is 0 Å². The van der Waals surface area contributed by atoms with Crippen LogP contribution in [0.1, 0.15) is 10.4 Å². The van der Waals surface area contributed by atoms with E-state index in [0.717, 1.165) is 22.3 Å². The molecule has 0 unspecified atom stereocenters. The molecule has 0 saturated carbocycles. The van der Waals surface area contributed by atoms with Crippen molar-refractivity contribution in [2.24, 2.45) is 5.73 Å². The summed E-state index contributed by atoms with van der Waals surface area (Å²) in [6.45, 7) is 0. The summed E-state index contributed by atoms with van der Waals surface area (Å²) in [5.41, 5.74) is 14.9. The first-order chi connectivity index (χ1) is 12.0. The molecular weight excluding hydrogens is 318 g/mol. The van der Waals surface area contributed by atoms with Gasteiger partial charge in [-0.25, -0.2) is 4.98 Å². The zero-order chi connectivity index (χ0) is 18.0. The predicted octanol–water partition coefficient (Wildman–Crippen LogP) is 2.81. The lowest BCUT2D eigenvalue weighted by Gasteiger charge is -2.10. The molecule has 1 aromatic heterocycles. The summed E-state index contributed by atoms with van der Waals surface area (Å²) < 4.78 is 5.14. The Morgan fingerprint density at radius 1 is 1.04 bits per heavy atom. The largest absolute Gasteiger partial charge is 0.504 e. The Morgan fingerprint density at radius 2 is 1.72 bits per heavy atom. The topological polar surface area (TPSA) is 111 Å². The van der Waals surface area contributed by atoms with E-state index in [1.54, 1.807) is 48.7 Å². The van der Waals surface area contributed by atoms with Gasteiger partial charge in [0.25, 0.3) is 0 Å². The highest BCUT2D eigenvalue weighted by Gasteiger charge is 2.10. The van der Waals surface area contributed by atoms with Gasteiger partial charge in [-0.05, 0) is 41.5 Å². The van der Waals surface area contributed by atoms with Crippen LogP contribution < -0.4 is 16.2 Å². The third-order valence-electron chi connectivity index (χ3n) is 3.91. The number of primary amides is 1. The summed E-state index contributed by atoms with van der Waals surface area (Å²) in [5, 5.41) is 9.73. The molecule has 6 heteroatoms. The van der Waals surface area contributed by atoms with Gasteiger partial charge in [-0.15, -0.1) is 0 Å². The van der Waals surface area contributed by atoms with E-state index in [0.29, 0.717) is 17.1 Å². The van der Waals surface area contributed by atoms with E-state index in [2.05, 4.69) is 4.98 Å². The minimum absolute atomic E-state index is 0.0666. The van der Waals surface area contributed by atoms with Crippen LogP contribution in [0.2, 0.25) is 0 Å². The smallest absolute Gasteiger partial charge is 0.248 e. The van der Waals surface area contributed by atoms with Crippen molar-refractivity contribution in [3.63, 3.8) is 0 Å². The van der Waals surface area contributed by atoms with E-state index in [9.17, 15) is 9.90 Å². The average Bonchev–Trinajstić information content (AvgIpc) is 2.63. The molecule has 5 N–H and O–H groups in total. The summed E-state index contributed by atoms with van der Waals surface area (Å²) in [5.74, 6) is 0.336. The van der Waals surface area contributed by atoms with Gasteiger partial charge in [0, 0.05) is 22.9 Å². The molecule has 0 spiro atoms. The zero-order valence-corrected chi connectivity index (χ0v) is 13.6. The lowest BCUT2D eigenvalue weighted by molar-refractivity contribution is 0.100. The van der Waals surface area contributed by atoms with Crippen LogP contribution in [0.4, 0.5) is 5.82 Å². The number of ether oxygens (including phenoxy) is 1. The van der Waals surface area contributed by atoms with Crippen LogP contribution in [-0.4, -0.2) is 23.1 Å². The minimum Gasteiger partial charge on any atom is -0.504 e. The fourth-order valence-electron chi connectivity index (χ4n) is 2.54. The quantitative estimate of drug-likeness (QED) is 0.679. The number of phenolic OH excluding ortho intramolecular Hbond substituents is 1. The normalized spacial score (nSPS) is 10.4. The van der Waals surface area contributed by atoms with E-state index in [1.165, 1.54) is 7.11 Å². The Labute approximate surface area is 144 Å². The van der Waals surface area contributed by atoms with E-state index in [1.807, 2.05) is 6.07 Å². The van der Waals surface area contributed by atoms with E-state index in [-0.39, 0.29) is 5.75 Å². The number of nitrogens with two attached hydrogens (primary N) is 2. The maximum atomic E-state index is 11.2. The molecule has 3 rings (SSSR count). The molecule has 2 aromatic carbocycles. The summed E-state index contributed by atoms with van der Waals surface area (Å²) in [7, 11) is 1.49. The van der Waals surface area contributed by atoms with Crippen LogP contribution >= 0.6 is 0 Å². The average molecular weight is 335 g/mol. The maximum Gasteiger partial charge on any atom is 0.248 e. The third kappa shape index (κ3) is 3.23. The Bertz CT molecular complexity index is 937. The molecule has 0 aliphatic carbocycles. The number of hydrogen-bond acceptors (Lipinski definition) is 5. The number of pyridine rings is 1. The number of nitrogens with zero attached hydrogens (tertiary/aromatic N) is 1. The Kier molecular flexibility index (Phi) is 4.26. The van der Waals surface area contributed by atoms with Gasteiger partial charge in [0.05, 0.1) is 7.11 Å². The fraction of sp³-hybridized carbons (Fsp3) is 0.0526. The zero-order valence-electron chi connectivity index (χ0n) is 13.6. The standard InChI is InChI=1S/C19H17N3O3/c1-25-17-9-13(6-7-16(17)23)14-8-15(18(20)22-10-14)11-2-4-12(5-3-11)19(21)24/h2-10,23H,1H3,(H2,20,22)(H2,21,24). The fourth-order valence-corrected chi connectivity index (χ4v) is 2.54. The number of aromatic hydroxyl groups is 1. The van der Waals surface area contributed by atoms with E-state index < -0.39 is 5.91 Å². The van der Waals surface area contributed by atoms with Crippen molar-refractivity contribution in [2.45, 2.75) is 0 Å². The van der Waals surface area contributed by atoms with Gasteiger partial charge in [-0.3, -0.25) is 4.79 Å². The summed E-state index contributed by atoms with van der Waals surface area (Å²) in [4.78, 5) is 15.4. The SMILES string of the molecule is COc1cc(-c2cnc(N)c(-c3ccc(C(N)=O)cc3)c2)ccc1O. The number of amides is 1. The van der Waals surface area contributed by atoms with Crippen LogP contribution in [0.3, 0.4) is 0 Å². The van der Waals surface area contributed by atoms with Crippen molar-refractivity contribution in [3.05, 3.63) is 60.3 Å². The molecule has 0 radical (unpaired) electrons. The molecule has 25 heavy (non-hydrogen) atoms. The highest BCUT2D eigenvalue weighted by Crippen LogP contribution is 2.34. The second-order valence-electron chi connectivity index (χ2n) is 5.49. The van der Waals surface area contributed by atoms with Gasteiger partial charge in [0.1, 0.15) is 5.82 Å². The van der Waals surface area contributed by atoms with Crippen LogP contribution in [0.25, 0.3) is 22.3 Å². The molecule has 0 aliphatic rings. The molecular formula is C19H17N3O3. The first kappa shape index (κ1) is 16.3. The Hall–Kier alpha value is -3.54. The van der Waals surface area contributed by atoms with Crippen molar-refractivity contribution in [1.82, 2.24) is 4.98 Å². The summed E-state index contributed by atoms with van der Waals surface area (Å²) >= 11 is 0. The highest BCUT2D eigenvalue weighted by molar-refractivity contribution is 5.93. The van der Waals surface area contributed by atoms with Gasteiger partial charge in [0.15, 0.2) is 11.5 Å². The number of nitrogen functional groups attached to an aromatic ring is 1. The Morgan fingerprint density at radius 3 is 2.36 bits per heavy atom. The number of benzene rings is 2. The van der Waals surface area contributed by atoms with Gasteiger partial charge in [-0.2, -0.15) is 0 Å². The molecule has 3 aromatic rings. The molecule has 0 fully saturated rings. The Balaban J connectivity index is 2.05. The number of carbonyl (C=O) groups excluding carboxylic acids is 1. The van der Waals surface area contributed by atoms with Crippen LogP contribution in [0.5, 0.6) is 11.5 Å². The molecule has 1 amide bonds. The van der Waals surface area contributed by atoms with Crippen LogP contribution in [-0.2, 0) is 0 Å². The maximum absolute atomic E-state index is 11.2. The molecule has 1 heterocycles. The number of carbonyl (C=O) groups is 1. The molecule has 0 bridgehead atoms. The molecule has 0 atom stereocenters. The minimum atomic E-state index is -0.484. The third-order valence-corrected chi connectivity index (χ3v) is 3.91. The number of anilines is 1. The number of rotatable bonds is 4. The number of hydrogen-bond donors (Lipinski definition) is 3. The molecule has 0 aliphatic heterocycles. The van der Waals surface area contributed by atoms with Crippen molar-refractivity contribution in [2.75, 3.05) is 12.8 Å². The first-order valence-electron chi connectivity index (χ1n) is 7.52. The monoisotopic (exact) mass is 335 g/mol. The molecule has 6 nitrogen and oxygen atoms in total. The van der Waals surface area contributed by atoms with Gasteiger partial charge in [0.2, 0.25) is 5.91 Å². The van der Waals surface area contributed by atoms with Crippen LogP contribution in [0, 0.1) is 0 Å². The predicted molar refractivity (Wildman–Crippen MR) is 96.3 cm³/mol. The van der Waals surface area contributed by atoms with Crippen molar-refractivity contribution in [3.8, 4) is 33.8 Å². The lowest BCUT2D eigenvalue weighted by Crippen LogP contribution is -2.10. The molecule has 126 valence electrons. The second kappa shape index (κ2) is 6.52. The highest BCUT2D eigenvalue weighted by atomic mass is 16.5. The molecule has 0 saturated heterocycles. The van der Waals surface area contributed by atoms with Gasteiger partial charge >= 0.3 is 0 Å². The van der Waals surface area contributed by atoms with Crippen molar-refractivity contribution in [1.29, 1.82) is 0 Å². The van der Waals surface area contributed by atoms with Crippen molar-refractivity contribution >= 4 is 11.7 Å². The number of methoxy groups -OCH3 is 1. The summed E-state index contributed by atoms with van der Waals surface area (Å²) in [6.07, 6.45) is 1.66. The van der Waals surface area contributed by atoms with Gasteiger partial charge < -0.3 is 21.3 Å². The number of phenols is 1. The van der Waals surface area contributed by atoms with Crippen LogP contribution in [0.15, 0.2) is 54.7 Å². The van der Waals surface area contributed by atoms with E-state index in [4.69, 9.17) is 16.2 Å². The summed E-state index contributed by atoms with van der Waals surface area (Å²) in [6, 6.07) is 13.8. The first-order valence-corrected chi connectivity index (χ1v) is 7.52. The van der Waals surface area contributed by atoms with Crippen molar-refractivity contribution < 1.29 is 14.6 Å². The number of aromatic nitrogens is 1. The van der Waals surface area contributed by atoms with Gasteiger partial charge in [-0.1, -0.05) is 18.2 Å². The second-order valence-corrected chi connectivity index (χ2v) is 5.49.